The smallest absolute Gasteiger partial charge is 0.262 e. The van der Waals surface area contributed by atoms with E-state index >= 15 is 0 Å². The number of anilines is 1. The molecule has 2 heterocycles. The summed E-state index contributed by atoms with van der Waals surface area (Å²) in [7, 11) is 0. The van der Waals surface area contributed by atoms with E-state index in [4.69, 9.17) is 0 Å². The van der Waals surface area contributed by atoms with E-state index in [0.717, 1.165) is 16.2 Å². The molecule has 1 fully saturated rings. The summed E-state index contributed by atoms with van der Waals surface area (Å²) in [5, 5.41) is 0. The molecule has 146 valence electrons. The summed E-state index contributed by atoms with van der Waals surface area (Å²) in [6.45, 7) is 0. The number of carbonyl (C=O) groups is 3. The number of carbonyl (C=O) groups excluding carboxylic acids is 3. The zero-order valence-corrected chi connectivity index (χ0v) is 16.0. The number of benzene rings is 3. The Morgan fingerprint density at radius 2 is 1.17 bits per heavy atom. The first-order valence-electron chi connectivity index (χ1n) is 9.75. The van der Waals surface area contributed by atoms with Crippen molar-refractivity contribution >= 4 is 29.5 Å². The molecule has 0 aliphatic carbocycles. The monoisotopic (exact) mass is 394 g/mol. The molecule has 5 heteroatoms. The van der Waals surface area contributed by atoms with Crippen molar-refractivity contribution in [2.24, 2.45) is 0 Å². The zero-order chi connectivity index (χ0) is 20.7. The van der Waals surface area contributed by atoms with Gasteiger partial charge in [-0.1, -0.05) is 72.8 Å². The molecule has 1 saturated heterocycles. The van der Waals surface area contributed by atoms with Crippen LogP contribution in [0.3, 0.4) is 0 Å². The van der Waals surface area contributed by atoms with Gasteiger partial charge in [0.1, 0.15) is 6.04 Å². The van der Waals surface area contributed by atoms with Gasteiger partial charge in [-0.25, -0.2) is 0 Å². The second kappa shape index (κ2) is 7.12. The molecule has 0 spiro atoms. The minimum atomic E-state index is -0.863. The van der Waals surface area contributed by atoms with Crippen molar-refractivity contribution in [3.8, 4) is 0 Å². The van der Waals surface area contributed by atoms with Crippen molar-refractivity contribution in [3.05, 3.63) is 108 Å². The maximum atomic E-state index is 13.2. The van der Waals surface area contributed by atoms with Gasteiger partial charge in [0.05, 0.1) is 17.2 Å². The molecule has 0 aromatic heterocycles. The predicted molar refractivity (Wildman–Crippen MR) is 114 cm³/mol. The second-order valence-corrected chi connectivity index (χ2v) is 7.27. The molecule has 3 aromatic rings. The van der Waals surface area contributed by atoms with Crippen LogP contribution in [-0.2, 0) is 4.79 Å². The van der Waals surface area contributed by atoms with Crippen molar-refractivity contribution in [3.63, 3.8) is 0 Å². The number of nitrogens with zero attached hydrogens (tertiary/aromatic N) is 2. The van der Waals surface area contributed by atoms with E-state index in [-0.39, 0.29) is 5.91 Å². The Hall–Kier alpha value is -3.99. The fraction of sp³-hybridized carbons (Fsp3) is 0.0800. The maximum Gasteiger partial charge on any atom is 0.262 e. The van der Waals surface area contributed by atoms with Crippen LogP contribution in [0.15, 0.2) is 91.0 Å². The third-order valence-corrected chi connectivity index (χ3v) is 5.54. The minimum Gasteiger partial charge on any atom is -0.301 e. The fourth-order valence-corrected chi connectivity index (χ4v) is 4.07. The van der Waals surface area contributed by atoms with Gasteiger partial charge in [-0.05, 0) is 29.8 Å². The average Bonchev–Trinajstić information content (AvgIpc) is 3.03. The van der Waals surface area contributed by atoms with Gasteiger partial charge in [-0.2, -0.15) is 0 Å². The van der Waals surface area contributed by atoms with E-state index in [2.05, 4.69) is 0 Å². The summed E-state index contributed by atoms with van der Waals surface area (Å²) >= 11 is 0. The quantitative estimate of drug-likeness (QED) is 0.500. The number of rotatable bonds is 4. The van der Waals surface area contributed by atoms with Crippen LogP contribution < -0.4 is 4.90 Å². The third-order valence-electron chi connectivity index (χ3n) is 5.54. The van der Waals surface area contributed by atoms with E-state index in [1.54, 1.807) is 29.2 Å². The molecule has 0 unspecified atom stereocenters. The van der Waals surface area contributed by atoms with E-state index in [1.165, 1.54) is 0 Å². The molecule has 3 aromatic carbocycles. The second-order valence-electron chi connectivity index (χ2n) is 7.27. The lowest BCUT2D eigenvalue weighted by Gasteiger charge is -2.48. The largest absolute Gasteiger partial charge is 0.301 e. The first-order chi connectivity index (χ1) is 14.7. The fourth-order valence-electron chi connectivity index (χ4n) is 4.07. The molecule has 3 amide bonds. The van der Waals surface area contributed by atoms with Gasteiger partial charge in [0.25, 0.3) is 17.7 Å². The Morgan fingerprint density at radius 3 is 1.77 bits per heavy atom. The van der Waals surface area contributed by atoms with Crippen molar-refractivity contribution < 1.29 is 14.4 Å². The molecular formula is C25H18N2O3. The first-order valence-corrected chi connectivity index (χ1v) is 9.75. The standard InChI is InChI=1S/C25H18N2O3/c28-23-19-13-7-8-14-20(19)24(29)27(23)22-21(16-15-17-9-3-1-4-10-17)26(25(22)30)18-11-5-2-6-12-18/h1-16,21-22H/b16-15+/t21-,22+/m1/s1. The lowest BCUT2D eigenvalue weighted by atomic mass is 9.91. The lowest BCUT2D eigenvalue weighted by Crippen LogP contribution is -2.71. The first kappa shape index (κ1) is 18.1. The average molecular weight is 394 g/mol. The maximum absolute atomic E-state index is 13.2. The Morgan fingerprint density at radius 1 is 0.633 bits per heavy atom. The molecule has 5 rings (SSSR count). The summed E-state index contributed by atoms with van der Waals surface area (Å²) in [6.07, 6.45) is 3.80. The molecule has 5 nitrogen and oxygen atoms in total. The zero-order valence-electron chi connectivity index (χ0n) is 16.0. The van der Waals surface area contributed by atoms with Gasteiger partial charge in [-0.15, -0.1) is 0 Å². The van der Waals surface area contributed by atoms with Crippen LogP contribution in [-0.4, -0.2) is 34.7 Å². The number of amides is 3. The number of hydrogen-bond donors (Lipinski definition) is 0. The van der Waals surface area contributed by atoms with Crippen molar-refractivity contribution in [1.29, 1.82) is 0 Å². The molecule has 2 aliphatic rings. The van der Waals surface area contributed by atoms with Gasteiger partial charge in [0, 0.05) is 5.69 Å². The minimum absolute atomic E-state index is 0.265. The number of para-hydroxylation sites is 1. The normalized spacial score (nSPS) is 20.6. The number of imide groups is 1. The van der Waals surface area contributed by atoms with Gasteiger partial charge >= 0.3 is 0 Å². The molecular weight excluding hydrogens is 376 g/mol. The van der Waals surface area contributed by atoms with Crippen LogP contribution in [0.4, 0.5) is 5.69 Å². The topological polar surface area (TPSA) is 57.7 Å². The molecule has 0 radical (unpaired) electrons. The van der Waals surface area contributed by atoms with Crippen LogP contribution in [0.1, 0.15) is 26.3 Å². The van der Waals surface area contributed by atoms with Crippen molar-refractivity contribution in [1.82, 2.24) is 4.90 Å². The van der Waals surface area contributed by atoms with Crippen LogP contribution in [0.5, 0.6) is 0 Å². The Balaban J connectivity index is 1.52. The van der Waals surface area contributed by atoms with E-state index in [9.17, 15) is 14.4 Å². The van der Waals surface area contributed by atoms with Crippen LogP contribution in [0.25, 0.3) is 6.08 Å². The Bertz CT molecular complexity index is 1140. The predicted octanol–water partition coefficient (Wildman–Crippen LogP) is 3.78. The molecule has 0 N–H and O–H groups in total. The van der Waals surface area contributed by atoms with E-state index < -0.39 is 23.9 Å². The molecule has 2 aliphatic heterocycles. The lowest BCUT2D eigenvalue weighted by molar-refractivity contribution is -0.128. The SMILES string of the molecule is O=C1c2ccccc2C(=O)N1[C@@H]1C(=O)N(c2ccccc2)[C@@H]1/C=C/c1ccccc1. The third kappa shape index (κ3) is 2.75. The highest BCUT2D eigenvalue weighted by Crippen LogP contribution is 2.36. The summed E-state index contributed by atoms with van der Waals surface area (Å²) < 4.78 is 0. The van der Waals surface area contributed by atoms with Crippen LogP contribution in [0.2, 0.25) is 0 Å². The molecule has 0 saturated carbocycles. The molecule has 0 bridgehead atoms. The van der Waals surface area contributed by atoms with E-state index in [1.807, 2.05) is 72.8 Å². The van der Waals surface area contributed by atoms with Crippen molar-refractivity contribution in [2.75, 3.05) is 4.90 Å². The molecule has 2 atom stereocenters. The van der Waals surface area contributed by atoms with Gasteiger partial charge in [-0.3, -0.25) is 19.3 Å². The highest BCUT2D eigenvalue weighted by molar-refractivity contribution is 6.24. The number of fused-ring (bicyclic) bond motifs is 1. The number of hydrogen-bond acceptors (Lipinski definition) is 3. The summed E-state index contributed by atoms with van der Waals surface area (Å²) in [4.78, 5) is 41.8. The highest BCUT2D eigenvalue weighted by Gasteiger charge is 2.55. The van der Waals surface area contributed by atoms with Crippen molar-refractivity contribution in [2.45, 2.75) is 12.1 Å². The van der Waals surface area contributed by atoms with Gasteiger partial charge in [0.2, 0.25) is 0 Å². The summed E-state index contributed by atoms with van der Waals surface area (Å²) in [5.41, 5.74) is 2.41. The van der Waals surface area contributed by atoms with E-state index in [0.29, 0.717) is 11.1 Å². The Kier molecular flexibility index (Phi) is 4.29. The van der Waals surface area contributed by atoms with Crippen LogP contribution >= 0.6 is 0 Å². The summed E-state index contributed by atoms with van der Waals surface area (Å²) in [6, 6.07) is 24.4. The highest BCUT2D eigenvalue weighted by atomic mass is 16.2. The van der Waals surface area contributed by atoms with Gasteiger partial charge in [0.15, 0.2) is 0 Å². The number of β-lactam (4-membered cyclic amide) rings is 1. The van der Waals surface area contributed by atoms with Crippen LogP contribution in [0, 0.1) is 0 Å². The Labute approximate surface area is 173 Å². The summed E-state index contributed by atoms with van der Waals surface area (Å²) in [5.74, 6) is -1.10. The van der Waals surface area contributed by atoms with Gasteiger partial charge < -0.3 is 4.90 Å². The molecule has 30 heavy (non-hydrogen) atoms.